The number of allylic oxidation sites excluding steroid dienone is 3. The highest BCUT2D eigenvalue weighted by Crippen LogP contribution is 2.11. The van der Waals surface area contributed by atoms with Crippen LogP contribution in [-0.2, 0) is 0 Å². The van der Waals surface area contributed by atoms with E-state index in [0.29, 0.717) is 12.3 Å². The van der Waals surface area contributed by atoms with Gasteiger partial charge in [-0.25, -0.2) is 4.79 Å². The van der Waals surface area contributed by atoms with Crippen LogP contribution in [0.2, 0.25) is 0 Å². The Morgan fingerprint density at radius 1 is 1.14 bits per heavy atom. The first-order valence-electron chi connectivity index (χ1n) is 7.28. The van der Waals surface area contributed by atoms with Gasteiger partial charge in [-0.3, -0.25) is 0 Å². The zero-order chi connectivity index (χ0) is 15.7. The molecule has 1 N–H and O–H groups in total. The SMILES string of the molecule is CC(C)=CCCC(C)=CCNC(=O)Oc1ccc(C)cc1. The van der Waals surface area contributed by atoms with Gasteiger partial charge in [0, 0.05) is 6.54 Å². The van der Waals surface area contributed by atoms with Crippen molar-refractivity contribution in [2.75, 3.05) is 6.54 Å². The number of benzene rings is 1. The predicted octanol–water partition coefficient (Wildman–Crippen LogP) is 4.78. The number of rotatable bonds is 6. The summed E-state index contributed by atoms with van der Waals surface area (Å²) in [7, 11) is 0. The third-order valence-electron chi connectivity index (χ3n) is 3.02. The largest absolute Gasteiger partial charge is 0.412 e. The molecular formula is C18H25NO2. The molecule has 1 aromatic carbocycles. The Labute approximate surface area is 127 Å². The van der Waals surface area contributed by atoms with E-state index < -0.39 is 6.09 Å². The molecule has 0 radical (unpaired) electrons. The van der Waals surface area contributed by atoms with E-state index in [1.165, 1.54) is 11.1 Å². The molecule has 1 rings (SSSR count). The molecule has 0 bridgehead atoms. The molecular weight excluding hydrogens is 262 g/mol. The second kappa shape index (κ2) is 9.01. The molecule has 0 atom stereocenters. The highest BCUT2D eigenvalue weighted by molar-refractivity contribution is 5.70. The van der Waals surface area contributed by atoms with Crippen LogP contribution >= 0.6 is 0 Å². The van der Waals surface area contributed by atoms with Crippen molar-refractivity contribution in [1.82, 2.24) is 5.32 Å². The van der Waals surface area contributed by atoms with E-state index in [1.807, 2.05) is 25.1 Å². The molecule has 3 heteroatoms. The number of hydrogen-bond donors (Lipinski definition) is 1. The summed E-state index contributed by atoms with van der Waals surface area (Å²) < 4.78 is 5.17. The number of carbonyl (C=O) groups is 1. The van der Waals surface area contributed by atoms with Crippen LogP contribution in [0.4, 0.5) is 4.79 Å². The van der Waals surface area contributed by atoms with Crippen LogP contribution in [0.3, 0.4) is 0 Å². The molecule has 0 fully saturated rings. The van der Waals surface area contributed by atoms with Gasteiger partial charge in [-0.15, -0.1) is 0 Å². The second-order valence-electron chi connectivity index (χ2n) is 5.45. The zero-order valence-electron chi connectivity index (χ0n) is 13.4. The summed E-state index contributed by atoms with van der Waals surface area (Å²) in [6.07, 6.45) is 5.87. The minimum Gasteiger partial charge on any atom is -0.410 e. The van der Waals surface area contributed by atoms with Crippen molar-refractivity contribution in [2.45, 2.75) is 40.5 Å². The van der Waals surface area contributed by atoms with Crippen molar-refractivity contribution >= 4 is 6.09 Å². The Morgan fingerprint density at radius 2 is 1.81 bits per heavy atom. The Kier molecular flexibility index (Phi) is 7.30. The van der Waals surface area contributed by atoms with Gasteiger partial charge >= 0.3 is 6.09 Å². The fourth-order valence-electron chi connectivity index (χ4n) is 1.75. The lowest BCUT2D eigenvalue weighted by atomic mass is 10.1. The first-order valence-corrected chi connectivity index (χ1v) is 7.28. The van der Waals surface area contributed by atoms with E-state index in [4.69, 9.17) is 4.74 Å². The van der Waals surface area contributed by atoms with Gasteiger partial charge in [-0.05, 0) is 52.7 Å². The van der Waals surface area contributed by atoms with Gasteiger partial charge in [0.2, 0.25) is 0 Å². The second-order valence-corrected chi connectivity index (χ2v) is 5.45. The van der Waals surface area contributed by atoms with Gasteiger partial charge < -0.3 is 10.1 Å². The van der Waals surface area contributed by atoms with E-state index in [-0.39, 0.29) is 0 Å². The molecule has 0 unspecified atom stereocenters. The van der Waals surface area contributed by atoms with E-state index in [0.717, 1.165) is 18.4 Å². The van der Waals surface area contributed by atoms with E-state index in [2.05, 4.69) is 32.2 Å². The molecule has 1 amide bonds. The summed E-state index contributed by atoms with van der Waals surface area (Å²) >= 11 is 0. The van der Waals surface area contributed by atoms with Gasteiger partial charge in [0.05, 0.1) is 0 Å². The number of nitrogens with one attached hydrogen (secondary N) is 1. The maximum atomic E-state index is 11.6. The molecule has 0 aliphatic carbocycles. The Balaban J connectivity index is 2.29. The number of aryl methyl sites for hydroxylation is 1. The highest BCUT2D eigenvalue weighted by atomic mass is 16.5. The molecule has 1 aromatic rings. The average Bonchev–Trinajstić information content (AvgIpc) is 2.41. The van der Waals surface area contributed by atoms with Crippen molar-refractivity contribution < 1.29 is 9.53 Å². The normalized spacial score (nSPS) is 11.0. The van der Waals surface area contributed by atoms with Crippen molar-refractivity contribution in [3.8, 4) is 5.75 Å². The first kappa shape index (κ1) is 17.0. The molecule has 21 heavy (non-hydrogen) atoms. The molecule has 0 heterocycles. The van der Waals surface area contributed by atoms with Crippen LogP contribution in [0.1, 0.15) is 39.2 Å². The highest BCUT2D eigenvalue weighted by Gasteiger charge is 2.02. The average molecular weight is 287 g/mol. The van der Waals surface area contributed by atoms with Crippen LogP contribution < -0.4 is 10.1 Å². The number of carbonyl (C=O) groups excluding carboxylic acids is 1. The summed E-state index contributed by atoms with van der Waals surface area (Å²) in [6, 6.07) is 7.40. The van der Waals surface area contributed by atoms with E-state index >= 15 is 0 Å². The van der Waals surface area contributed by atoms with Gasteiger partial charge in [-0.1, -0.05) is 41.0 Å². The third kappa shape index (κ3) is 7.98. The topological polar surface area (TPSA) is 38.3 Å². The molecule has 114 valence electrons. The van der Waals surface area contributed by atoms with Crippen molar-refractivity contribution in [3.05, 3.63) is 53.1 Å². The summed E-state index contributed by atoms with van der Waals surface area (Å²) in [6.45, 7) is 8.76. The van der Waals surface area contributed by atoms with E-state index in [9.17, 15) is 4.79 Å². The summed E-state index contributed by atoms with van der Waals surface area (Å²) in [5.74, 6) is 0.558. The zero-order valence-corrected chi connectivity index (χ0v) is 13.4. The smallest absolute Gasteiger partial charge is 0.410 e. The monoisotopic (exact) mass is 287 g/mol. The molecule has 0 aliphatic heterocycles. The fraction of sp³-hybridized carbons (Fsp3) is 0.389. The quantitative estimate of drug-likeness (QED) is 0.765. The van der Waals surface area contributed by atoms with Crippen molar-refractivity contribution in [3.63, 3.8) is 0 Å². The molecule has 0 spiro atoms. The summed E-state index contributed by atoms with van der Waals surface area (Å²) in [5.41, 5.74) is 3.74. The fourth-order valence-corrected chi connectivity index (χ4v) is 1.75. The maximum Gasteiger partial charge on any atom is 0.412 e. The summed E-state index contributed by atoms with van der Waals surface area (Å²) in [4.78, 5) is 11.6. The van der Waals surface area contributed by atoms with Crippen LogP contribution in [0, 0.1) is 6.92 Å². The lowest BCUT2D eigenvalue weighted by molar-refractivity contribution is 0.201. The van der Waals surface area contributed by atoms with Gasteiger partial charge in [0.15, 0.2) is 0 Å². The van der Waals surface area contributed by atoms with Crippen LogP contribution in [0.15, 0.2) is 47.6 Å². The van der Waals surface area contributed by atoms with Crippen LogP contribution in [-0.4, -0.2) is 12.6 Å². The van der Waals surface area contributed by atoms with Gasteiger partial charge in [0.25, 0.3) is 0 Å². The minimum absolute atomic E-state index is 0.424. The molecule has 0 saturated carbocycles. The lowest BCUT2D eigenvalue weighted by Gasteiger charge is -2.05. The van der Waals surface area contributed by atoms with Crippen LogP contribution in [0.25, 0.3) is 0 Å². The number of ether oxygens (including phenoxy) is 1. The van der Waals surface area contributed by atoms with Crippen molar-refractivity contribution in [2.24, 2.45) is 0 Å². The molecule has 3 nitrogen and oxygen atoms in total. The van der Waals surface area contributed by atoms with Gasteiger partial charge in [-0.2, -0.15) is 0 Å². The molecule has 0 aromatic heterocycles. The van der Waals surface area contributed by atoms with Gasteiger partial charge in [0.1, 0.15) is 5.75 Å². The Morgan fingerprint density at radius 3 is 2.43 bits per heavy atom. The van der Waals surface area contributed by atoms with Crippen LogP contribution in [0.5, 0.6) is 5.75 Å². The molecule has 0 aliphatic rings. The third-order valence-corrected chi connectivity index (χ3v) is 3.02. The number of amides is 1. The Bertz CT molecular complexity index is 509. The minimum atomic E-state index is -0.424. The predicted molar refractivity (Wildman–Crippen MR) is 87.6 cm³/mol. The van der Waals surface area contributed by atoms with E-state index in [1.54, 1.807) is 12.1 Å². The number of hydrogen-bond acceptors (Lipinski definition) is 2. The van der Waals surface area contributed by atoms with Crippen molar-refractivity contribution in [1.29, 1.82) is 0 Å². The Hall–Kier alpha value is -2.03. The first-order chi connectivity index (χ1) is 9.97. The standard InChI is InChI=1S/C18H25NO2/c1-14(2)6-5-7-15(3)12-13-19-18(20)21-17-10-8-16(4)9-11-17/h6,8-12H,5,7,13H2,1-4H3,(H,19,20). The maximum absolute atomic E-state index is 11.6. The lowest BCUT2D eigenvalue weighted by Crippen LogP contribution is -2.26. The summed E-state index contributed by atoms with van der Waals surface area (Å²) in [5, 5.41) is 2.72. The molecule has 0 saturated heterocycles.